The molecule has 0 unspecified atom stereocenters. The maximum absolute atomic E-state index is 5.07. The molecule has 1 saturated carbocycles. The minimum atomic E-state index is 0.744. The highest BCUT2D eigenvalue weighted by Crippen LogP contribution is 2.21. The van der Waals surface area contributed by atoms with Gasteiger partial charge in [-0.15, -0.1) is 11.3 Å². The lowest BCUT2D eigenvalue weighted by Gasteiger charge is -1.98. The Hall–Kier alpha value is -0.380. The third-order valence-electron chi connectivity index (χ3n) is 2.15. The highest BCUT2D eigenvalue weighted by Gasteiger charge is 2.20. The van der Waals surface area contributed by atoms with Gasteiger partial charge in [0.2, 0.25) is 0 Å². The highest BCUT2D eigenvalue weighted by atomic mass is 32.1. The first kappa shape index (κ1) is 9.19. The van der Waals surface area contributed by atoms with Crippen LogP contribution in [0.2, 0.25) is 0 Å². The average molecular weight is 197 g/mol. The lowest BCUT2D eigenvalue weighted by molar-refractivity contribution is 0.187. The second-order valence-corrected chi connectivity index (χ2v) is 4.71. The van der Waals surface area contributed by atoms with Crippen molar-refractivity contribution in [3.05, 3.63) is 21.9 Å². The van der Waals surface area contributed by atoms with Crippen molar-refractivity contribution in [1.82, 2.24) is 5.32 Å². The van der Waals surface area contributed by atoms with Crippen LogP contribution in [0.4, 0.5) is 0 Å². The number of rotatable bonds is 5. The molecule has 0 bridgehead atoms. The van der Waals surface area contributed by atoms with Gasteiger partial charge in [0.1, 0.15) is 0 Å². The van der Waals surface area contributed by atoms with Crippen LogP contribution in [0.5, 0.6) is 0 Å². The van der Waals surface area contributed by atoms with Crippen molar-refractivity contribution in [3.8, 4) is 0 Å². The number of hydrogen-bond acceptors (Lipinski definition) is 3. The topological polar surface area (TPSA) is 21.3 Å². The van der Waals surface area contributed by atoms with Crippen LogP contribution in [-0.4, -0.2) is 13.2 Å². The molecule has 72 valence electrons. The number of ether oxygens (including phenoxy) is 1. The summed E-state index contributed by atoms with van der Waals surface area (Å²) in [6.45, 7) is 1.77. The fourth-order valence-electron chi connectivity index (χ4n) is 1.27. The molecule has 2 nitrogen and oxygen atoms in total. The summed E-state index contributed by atoms with van der Waals surface area (Å²) in [5.41, 5.74) is 0. The van der Waals surface area contributed by atoms with Crippen molar-refractivity contribution >= 4 is 11.3 Å². The van der Waals surface area contributed by atoms with Gasteiger partial charge >= 0.3 is 0 Å². The molecule has 0 radical (unpaired) electrons. The first-order valence-electron chi connectivity index (χ1n) is 4.68. The fourth-order valence-corrected chi connectivity index (χ4v) is 2.21. The molecule has 0 aliphatic heterocycles. The van der Waals surface area contributed by atoms with Crippen molar-refractivity contribution in [2.45, 2.75) is 32.0 Å². The summed E-state index contributed by atoms with van der Waals surface area (Å²) in [5, 5.41) is 3.50. The Morgan fingerprint density at radius 1 is 1.46 bits per heavy atom. The van der Waals surface area contributed by atoms with Gasteiger partial charge in [0.15, 0.2) is 0 Å². The minimum absolute atomic E-state index is 0.744. The van der Waals surface area contributed by atoms with Gasteiger partial charge in [-0.1, -0.05) is 0 Å². The van der Waals surface area contributed by atoms with Gasteiger partial charge < -0.3 is 10.1 Å². The molecule has 0 spiro atoms. The quantitative estimate of drug-likeness (QED) is 0.781. The predicted octanol–water partition coefficient (Wildman–Crippen LogP) is 2.15. The summed E-state index contributed by atoms with van der Waals surface area (Å²) in [5.74, 6) is 0. The zero-order valence-corrected chi connectivity index (χ0v) is 8.69. The molecule has 1 aromatic rings. The summed E-state index contributed by atoms with van der Waals surface area (Å²) in [6, 6.07) is 5.14. The fraction of sp³-hybridized carbons (Fsp3) is 0.600. The van der Waals surface area contributed by atoms with E-state index in [2.05, 4.69) is 17.4 Å². The molecule has 1 fully saturated rings. The van der Waals surface area contributed by atoms with E-state index in [4.69, 9.17) is 4.74 Å². The molecule has 13 heavy (non-hydrogen) atoms. The third-order valence-corrected chi connectivity index (χ3v) is 3.20. The molecule has 2 rings (SSSR count). The molecular weight excluding hydrogens is 182 g/mol. The molecule has 1 aliphatic rings. The van der Waals surface area contributed by atoms with Gasteiger partial charge in [-0.2, -0.15) is 0 Å². The van der Waals surface area contributed by atoms with E-state index in [0.717, 1.165) is 19.2 Å². The maximum Gasteiger partial charge on any atom is 0.0805 e. The van der Waals surface area contributed by atoms with Crippen molar-refractivity contribution in [2.75, 3.05) is 7.11 Å². The van der Waals surface area contributed by atoms with Gasteiger partial charge in [-0.05, 0) is 25.0 Å². The van der Waals surface area contributed by atoms with Crippen LogP contribution in [0.3, 0.4) is 0 Å². The van der Waals surface area contributed by atoms with Crippen LogP contribution in [0.1, 0.15) is 22.6 Å². The second kappa shape index (κ2) is 4.22. The van der Waals surface area contributed by atoms with Gasteiger partial charge in [0, 0.05) is 29.5 Å². The smallest absolute Gasteiger partial charge is 0.0805 e. The summed E-state index contributed by atoms with van der Waals surface area (Å²) in [7, 11) is 1.74. The second-order valence-electron chi connectivity index (χ2n) is 3.46. The molecule has 0 amide bonds. The maximum atomic E-state index is 5.07. The lowest BCUT2D eigenvalue weighted by Crippen LogP contribution is -2.14. The van der Waals surface area contributed by atoms with E-state index >= 15 is 0 Å². The highest BCUT2D eigenvalue weighted by molar-refractivity contribution is 7.11. The van der Waals surface area contributed by atoms with E-state index in [1.54, 1.807) is 7.11 Å². The molecule has 1 aromatic heterocycles. The first-order valence-corrected chi connectivity index (χ1v) is 5.50. The molecule has 1 N–H and O–H groups in total. The number of methoxy groups -OCH3 is 1. The molecular formula is C10H15NOS. The van der Waals surface area contributed by atoms with Crippen LogP contribution in [0.25, 0.3) is 0 Å². The van der Waals surface area contributed by atoms with E-state index in [-0.39, 0.29) is 0 Å². The SMILES string of the molecule is COCc1ccc(CNC2CC2)s1. The normalized spacial score (nSPS) is 16.4. The minimum Gasteiger partial charge on any atom is -0.379 e. The van der Waals surface area contributed by atoms with Crippen molar-refractivity contribution in [1.29, 1.82) is 0 Å². The van der Waals surface area contributed by atoms with E-state index < -0.39 is 0 Å². The molecule has 1 aliphatic carbocycles. The lowest BCUT2D eigenvalue weighted by atomic mass is 10.4. The Morgan fingerprint density at radius 2 is 2.23 bits per heavy atom. The van der Waals surface area contributed by atoms with Gasteiger partial charge in [-0.25, -0.2) is 0 Å². The van der Waals surface area contributed by atoms with Gasteiger partial charge in [-0.3, -0.25) is 0 Å². The van der Waals surface area contributed by atoms with Crippen LogP contribution < -0.4 is 5.32 Å². The van der Waals surface area contributed by atoms with Crippen molar-refractivity contribution < 1.29 is 4.74 Å². The molecule has 3 heteroatoms. The third kappa shape index (κ3) is 2.79. The Morgan fingerprint density at radius 3 is 2.92 bits per heavy atom. The van der Waals surface area contributed by atoms with Gasteiger partial charge in [0.25, 0.3) is 0 Å². The zero-order valence-electron chi connectivity index (χ0n) is 7.88. The molecule has 0 aromatic carbocycles. The van der Waals surface area contributed by atoms with E-state index in [9.17, 15) is 0 Å². The molecule has 1 heterocycles. The Kier molecular flexibility index (Phi) is 2.98. The largest absolute Gasteiger partial charge is 0.379 e. The summed E-state index contributed by atoms with van der Waals surface area (Å²) in [4.78, 5) is 2.73. The van der Waals surface area contributed by atoms with Crippen LogP contribution in [-0.2, 0) is 17.9 Å². The van der Waals surface area contributed by atoms with Crippen LogP contribution >= 0.6 is 11.3 Å². The number of hydrogen-bond donors (Lipinski definition) is 1. The van der Waals surface area contributed by atoms with Crippen LogP contribution in [0, 0.1) is 0 Å². The first-order chi connectivity index (χ1) is 6.38. The van der Waals surface area contributed by atoms with E-state index in [0.29, 0.717) is 0 Å². The number of thiophene rings is 1. The van der Waals surface area contributed by atoms with Crippen molar-refractivity contribution in [2.24, 2.45) is 0 Å². The molecule has 0 saturated heterocycles. The van der Waals surface area contributed by atoms with Gasteiger partial charge in [0.05, 0.1) is 6.61 Å². The predicted molar refractivity (Wildman–Crippen MR) is 54.9 cm³/mol. The summed E-state index contributed by atoms with van der Waals surface area (Å²) < 4.78 is 5.07. The average Bonchev–Trinajstić information content (AvgIpc) is 2.85. The molecule has 0 atom stereocenters. The number of nitrogens with one attached hydrogen (secondary N) is 1. The Balaban J connectivity index is 1.81. The summed E-state index contributed by atoms with van der Waals surface area (Å²) >= 11 is 1.84. The van der Waals surface area contributed by atoms with E-state index in [1.807, 2.05) is 11.3 Å². The Labute approximate surface area is 82.9 Å². The van der Waals surface area contributed by atoms with Crippen molar-refractivity contribution in [3.63, 3.8) is 0 Å². The monoisotopic (exact) mass is 197 g/mol. The zero-order chi connectivity index (χ0) is 9.10. The Bertz CT molecular complexity index is 268. The van der Waals surface area contributed by atoms with Crippen LogP contribution in [0.15, 0.2) is 12.1 Å². The summed E-state index contributed by atoms with van der Waals surface area (Å²) in [6.07, 6.45) is 2.71. The standard InChI is InChI=1S/C10H15NOS/c1-12-7-10-5-4-9(13-10)6-11-8-2-3-8/h4-5,8,11H,2-3,6-7H2,1H3. The van der Waals surface area contributed by atoms with E-state index in [1.165, 1.54) is 22.6 Å².